The summed E-state index contributed by atoms with van der Waals surface area (Å²) < 4.78 is 5.65. The minimum Gasteiger partial charge on any atom is -0.481 e. The van der Waals surface area contributed by atoms with Crippen LogP contribution in [0.1, 0.15) is 51.4 Å². The molecule has 3 heterocycles. The number of thiazole rings is 1. The third-order valence-corrected chi connectivity index (χ3v) is 8.94. The fourth-order valence-corrected chi connectivity index (χ4v) is 6.74. The number of carboxylic acid groups (broad SMARTS) is 1. The van der Waals surface area contributed by atoms with Crippen LogP contribution in [-0.4, -0.2) is 52.6 Å². The molecule has 208 valence electrons. The number of amides is 2. The molecule has 1 aliphatic heterocycles. The monoisotopic (exact) mass is 560 g/mol. The van der Waals surface area contributed by atoms with E-state index in [1.165, 1.54) is 16.2 Å². The van der Waals surface area contributed by atoms with E-state index in [-0.39, 0.29) is 30.9 Å². The summed E-state index contributed by atoms with van der Waals surface area (Å²) in [6.07, 6.45) is 8.46. The predicted molar refractivity (Wildman–Crippen MR) is 153 cm³/mol. The molecule has 1 aromatic carbocycles. The van der Waals surface area contributed by atoms with Gasteiger partial charge in [-0.25, -0.2) is 9.97 Å². The van der Waals surface area contributed by atoms with E-state index in [0.29, 0.717) is 29.0 Å². The van der Waals surface area contributed by atoms with E-state index in [1.54, 1.807) is 18.1 Å². The highest BCUT2D eigenvalue weighted by Gasteiger charge is 2.40. The number of rotatable bonds is 9. The minimum absolute atomic E-state index is 0.0274. The average Bonchev–Trinajstić information content (AvgIpc) is 3.42. The lowest BCUT2D eigenvalue weighted by molar-refractivity contribution is -0.141. The number of hydrogen-bond acceptors (Lipinski definition) is 7. The van der Waals surface area contributed by atoms with Crippen LogP contribution in [0.4, 0.5) is 10.9 Å². The Morgan fingerprint density at radius 3 is 2.65 bits per heavy atom. The van der Waals surface area contributed by atoms with Crippen molar-refractivity contribution >= 4 is 40.1 Å². The fourth-order valence-electron chi connectivity index (χ4n) is 5.84. The van der Waals surface area contributed by atoms with Crippen molar-refractivity contribution < 1.29 is 24.2 Å². The van der Waals surface area contributed by atoms with Crippen molar-refractivity contribution in [3.8, 4) is 28.1 Å². The lowest BCUT2D eigenvalue weighted by Crippen LogP contribution is -2.39. The highest BCUT2D eigenvalue weighted by atomic mass is 32.1. The molecule has 10 heteroatoms. The standard InChI is InChI=1S/C30H32N4O5S/c1-33-26(35)16-39-25-13-20(15-31-28(25)33)22-8-4-5-9-23(22)24-17-40-30(32-24)34(21-10-11-21)29(38)19(14-27(36)37)12-18-6-2-3-7-18/h4-5,8-9,13,15,17-19,21H,2-3,6-7,10-12,14,16H2,1H3,(H,36,37). The number of benzene rings is 1. The molecular weight excluding hydrogens is 528 g/mol. The number of aliphatic carboxylic acids is 1. The number of fused-ring (bicyclic) bond motifs is 1. The quantitative estimate of drug-likeness (QED) is 0.373. The summed E-state index contributed by atoms with van der Waals surface area (Å²) in [6, 6.07) is 9.83. The Labute approximate surface area is 236 Å². The first kappa shape index (κ1) is 26.4. The van der Waals surface area contributed by atoms with Gasteiger partial charge in [-0.05, 0) is 36.8 Å². The summed E-state index contributed by atoms with van der Waals surface area (Å²) >= 11 is 1.42. The Morgan fingerprint density at radius 2 is 1.93 bits per heavy atom. The molecule has 6 rings (SSSR count). The topological polar surface area (TPSA) is 113 Å². The van der Waals surface area contributed by atoms with Crippen LogP contribution in [0.5, 0.6) is 5.75 Å². The molecule has 2 saturated carbocycles. The molecule has 2 aromatic heterocycles. The first-order valence-corrected chi connectivity index (χ1v) is 14.8. The summed E-state index contributed by atoms with van der Waals surface area (Å²) in [5.74, 6) is -0.273. The molecule has 3 aliphatic rings. The second-order valence-electron chi connectivity index (χ2n) is 11.0. The van der Waals surface area contributed by atoms with Gasteiger partial charge >= 0.3 is 5.97 Å². The van der Waals surface area contributed by atoms with E-state index in [4.69, 9.17) is 9.72 Å². The third-order valence-electron chi connectivity index (χ3n) is 8.10. The van der Waals surface area contributed by atoms with Gasteiger partial charge in [0.15, 0.2) is 23.3 Å². The summed E-state index contributed by atoms with van der Waals surface area (Å²) in [4.78, 5) is 50.2. The molecule has 0 bridgehead atoms. The number of carbonyl (C=O) groups excluding carboxylic acids is 2. The van der Waals surface area contributed by atoms with Gasteiger partial charge in [-0.15, -0.1) is 11.3 Å². The number of ether oxygens (including phenoxy) is 1. The molecule has 40 heavy (non-hydrogen) atoms. The van der Waals surface area contributed by atoms with E-state index in [0.717, 1.165) is 60.9 Å². The highest BCUT2D eigenvalue weighted by molar-refractivity contribution is 7.14. The van der Waals surface area contributed by atoms with E-state index >= 15 is 0 Å². The summed E-state index contributed by atoms with van der Waals surface area (Å²) in [7, 11) is 1.68. The van der Waals surface area contributed by atoms with Crippen molar-refractivity contribution in [1.29, 1.82) is 0 Å². The molecule has 1 unspecified atom stereocenters. The molecule has 0 radical (unpaired) electrons. The largest absolute Gasteiger partial charge is 0.481 e. The van der Waals surface area contributed by atoms with Crippen molar-refractivity contribution in [2.24, 2.45) is 11.8 Å². The molecular formula is C30H32N4O5S. The van der Waals surface area contributed by atoms with Gasteiger partial charge in [-0.2, -0.15) is 0 Å². The van der Waals surface area contributed by atoms with E-state index in [1.807, 2.05) is 35.7 Å². The second-order valence-corrected chi connectivity index (χ2v) is 11.8. The molecule has 3 aromatic rings. The van der Waals surface area contributed by atoms with Crippen LogP contribution < -0.4 is 14.5 Å². The van der Waals surface area contributed by atoms with Gasteiger partial charge in [-0.1, -0.05) is 49.9 Å². The zero-order chi connectivity index (χ0) is 27.8. The van der Waals surface area contributed by atoms with Crippen LogP contribution >= 0.6 is 11.3 Å². The summed E-state index contributed by atoms with van der Waals surface area (Å²) in [5.41, 5.74) is 3.38. The van der Waals surface area contributed by atoms with Crippen molar-refractivity contribution in [2.75, 3.05) is 23.5 Å². The third kappa shape index (κ3) is 5.32. The SMILES string of the molecule is CN1C(=O)COc2cc(-c3ccccc3-c3csc(N(C(=O)C(CC(=O)O)CC4CCCC4)C4CC4)n3)cnc21. The Balaban J connectivity index is 1.30. The van der Waals surface area contributed by atoms with E-state index in [2.05, 4.69) is 4.98 Å². The number of anilines is 2. The molecule has 2 fully saturated rings. The van der Waals surface area contributed by atoms with Gasteiger partial charge < -0.3 is 9.84 Å². The zero-order valence-electron chi connectivity index (χ0n) is 22.4. The maximum absolute atomic E-state index is 13.8. The highest BCUT2D eigenvalue weighted by Crippen LogP contribution is 2.41. The average molecular weight is 561 g/mol. The minimum atomic E-state index is -0.931. The van der Waals surface area contributed by atoms with Crippen LogP contribution in [0.3, 0.4) is 0 Å². The molecule has 0 spiro atoms. The van der Waals surface area contributed by atoms with Crippen molar-refractivity contribution in [1.82, 2.24) is 9.97 Å². The van der Waals surface area contributed by atoms with Crippen LogP contribution in [-0.2, 0) is 14.4 Å². The summed E-state index contributed by atoms with van der Waals surface area (Å²) in [5, 5.41) is 12.2. The molecule has 1 atom stereocenters. The lowest BCUT2D eigenvalue weighted by atomic mass is 9.90. The number of aromatic nitrogens is 2. The zero-order valence-corrected chi connectivity index (χ0v) is 23.2. The molecule has 2 amide bonds. The Morgan fingerprint density at radius 1 is 1.18 bits per heavy atom. The lowest BCUT2D eigenvalue weighted by Gasteiger charge is -2.26. The number of hydrogen-bond donors (Lipinski definition) is 1. The van der Waals surface area contributed by atoms with Crippen molar-refractivity contribution in [3.05, 3.63) is 41.9 Å². The van der Waals surface area contributed by atoms with Crippen LogP contribution in [0.15, 0.2) is 41.9 Å². The van der Waals surface area contributed by atoms with Crippen molar-refractivity contribution in [2.45, 2.75) is 57.4 Å². The first-order chi connectivity index (χ1) is 19.4. The number of pyridine rings is 1. The van der Waals surface area contributed by atoms with Gasteiger partial charge in [0.25, 0.3) is 5.91 Å². The van der Waals surface area contributed by atoms with E-state index in [9.17, 15) is 19.5 Å². The van der Waals surface area contributed by atoms with E-state index < -0.39 is 11.9 Å². The van der Waals surface area contributed by atoms with Gasteiger partial charge in [0, 0.05) is 41.7 Å². The van der Waals surface area contributed by atoms with Crippen molar-refractivity contribution in [3.63, 3.8) is 0 Å². The number of likely N-dealkylation sites (N-methyl/N-ethyl adjacent to an activating group) is 1. The number of nitrogens with zero attached hydrogens (tertiary/aromatic N) is 4. The van der Waals surface area contributed by atoms with Crippen LogP contribution in [0.2, 0.25) is 0 Å². The Kier molecular flexibility index (Phi) is 7.27. The maximum atomic E-state index is 13.8. The Bertz CT molecular complexity index is 1450. The fraction of sp³-hybridized carbons (Fsp3) is 0.433. The molecule has 9 nitrogen and oxygen atoms in total. The number of carboxylic acids is 1. The maximum Gasteiger partial charge on any atom is 0.304 e. The van der Waals surface area contributed by atoms with Gasteiger partial charge in [-0.3, -0.25) is 24.2 Å². The predicted octanol–water partition coefficient (Wildman–Crippen LogP) is 5.39. The normalized spacial score (nSPS) is 17.8. The summed E-state index contributed by atoms with van der Waals surface area (Å²) in [6.45, 7) is -0.0274. The van der Waals surface area contributed by atoms with Gasteiger partial charge in [0.05, 0.1) is 12.1 Å². The second kappa shape index (κ2) is 11.0. The van der Waals surface area contributed by atoms with Gasteiger partial charge in [0.1, 0.15) is 0 Å². The molecule has 2 aliphatic carbocycles. The van der Waals surface area contributed by atoms with Crippen LogP contribution in [0.25, 0.3) is 22.4 Å². The Hall–Kier alpha value is -3.79. The smallest absolute Gasteiger partial charge is 0.304 e. The first-order valence-electron chi connectivity index (χ1n) is 13.9. The number of carbonyl (C=O) groups is 3. The van der Waals surface area contributed by atoms with Crippen LogP contribution in [0, 0.1) is 11.8 Å². The van der Waals surface area contributed by atoms with Gasteiger partial charge in [0.2, 0.25) is 5.91 Å². The molecule has 0 saturated heterocycles. The molecule has 1 N–H and O–H groups in total.